The highest BCUT2D eigenvalue weighted by Crippen LogP contribution is 2.46. The predicted octanol–water partition coefficient (Wildman–Crippen LogP) is 3.71. The van der Waals surface area contributed by atoms with Gasteiger partial charge in [-0.2, -0.15) is 0 Å². The summed E-state index contributed by atoms with van der Waals surface area (Å²) in [7, 11) is 0. The second-order valence-corrected chi connectivity index (χ2v) is 5.57. The minimum atomic E-state index is -0.309. The summed E-state index contributed by atoms with van der Waals surface area (Å²) in [6.07, 6.45) is 16.2. The lowest BCUT2D eigenvalue weighted by atomic mass is 9.72. The molecule has 2 aliphatic heterocycles. The smallest absolute Gasteiger partial charge is 0.187 e. The zero-order valence-electron chi connectivity index (χ0n) is 11.1. The van der Waals surface area contributed by atoms with Gasteiger partial charge in [0.1, 0.15) is 5.54 Å². The molecule has 0 bridgehead atoms. The molecule has 2 heteroatoms. The lowest BCUT2D eigenvalue weighted by molar-refractivity contribution is -0.121. The van der Waals surface area contributed by atoms with Crippen LogP contribution in [0.3, 0.4) is 0 Å². The van der Waals surface area contributed by atoms with Crippen molar-refractivity contribution in [1.82, 2.24) is 4.90 Å². The van der Waals surface area contributed by atoms with Gasteiger partial charge in [0.05, 0.1) is 0 Å². The maximum atomic E-state index is 12.4. The normalized spacial score (nSPS) is 29.8. The van der Waals surface area contributed by atoms with Gasteiger partial charge in [0.2, 0.25) is 0 Å². The predicted molar refractivity (Wildman–Crippen MR) is 72.9 cm³/mol. The molecule has 1 fully saturated rings. The van der Waals surface area contributed by atoms with Gasteiger partial charge in [0, 0.05) is 18.0 Å². The van der Waals surface area contributed by atoms with Gasteiger partial charge >= 0.3 is 0 Å². The molecular formula is C16H21NO. The molecule has 0 N–H and O–H groups in total. The molecule has 2 nitrogen and oxygen atoms in total. The van der Waals surface area contributed by atoms with E-state index in [-0.39, 0.29) is 5.54 Å². The summed E-state index contributed by atoms with van der Waals surface area (Å²) < 4.78 is 0. The molecule has 3 aliphatic rings. The lowest BCUT2D eigenvalue weighted by Crippen LogP contribution is -2.52. The van der Waals surface area contributed by atoms with E-state index < -0.39 is 0 Å². The molecule has 3 rings (SSSR count). The summed E-state index contributed by atoms with van der Waals surface area (Å²) in [6.45, 7) is 2.21. The summed E-state index contributed by atoms with van der Waals surface area (Å²) in [5, 5.41) is 0. The van der Waals surface area contributed by atoms with Crippen molar-refractivity contribution in [3.8, 4) is 0 Å². The van der Waals surface area contributed by atoms with Crippen molar-refractivity contribution in [2.45, 2.75) is 57.4 Å². The first-order chi connectivity index (χ1) is 8.79. The van der Waals surface area contributed by atoms with Gasteiger partial charge in [0.25, 0.3) is 0 Å². The molecule has 0 amide bonds. The van der Waals surface area contributed by atoms with Crippen LogP contribution < -0.4 is 0 Å². The quantitative estimate of drug-likeness (QED) is 0.753. The summed E-state index contributed by atoms with van der Waals surface area (Å²) in [6, 6.07) is 0. The maximum absolute atomic E-state index is 12.4. The van der Waals surface area contributed by atoms with Crippen LogP contribution in [-0.4, -0.2) is 16.2 Å². The van der Waals surface area contributed by atoms with Crippen LogP contribution >= 0.6 is 0 Å². The Kier molecular flexibility index (Phi) is 2.89. The zero-order valence-corrected chi connectivity index (χ0v) is 11.1. The van der Waals surface area contributed by atoms with Crippen molar-refractivity contribution in [2.75, 3.05) is 0 Å². The van der Waals surface area contributed by atoms with Crippen molar-refractivity contribution in [3.63, 3.8) is 0 Å². The summed E-state index contributed by atoms with van der Waals surface area (Å²) in [4.78, 5) is 14.7. The van der Waals surface area contributed by atoms with Gasteiger partial charge < -0.3 is 4.90 Å². The van der Waals surface area contributed by atoms with E-state index in [1.54, 1.807) is 6.08 Å². The van der Waals surface area contributed by atoms with Crippen LogP contribution in [0.4, 0.5) is 0 Å². The third-order valence-electron chi connectivity index (χ3n) is 4.53. The molecule has 0 radical (unpaired) electrons. The van der Waals surface area contributed by atoms with Gasteiger partial charge in [-0.25, -0.2) is 0 Å². The molecule has 1 unspecified atom stereocenters. The van der Waals surface area contributed by atoms with E-state index in [9.17, 15) is 4.79 Å². The van der Waals surface area contributed by atoms with Crippen LogP contribution in [0.15, 0.2) is 35.7 Å². The molecule has 1 saturated carbocycles. The molecular weight excluding hydrogens is 222 g/mol. The van der Waals surface area contributed by atoms with Gasteiger partial charge in [-0.05, 0) is 50.2 Å². The fourth-order valence-electron chi connectivity index (χ4n) is 3.55. The topological polar surface area (TPSA) is 20.3 Å². The minimum Gasteiger partial charge on any atom is -0.334 e. The molecule has 1 atom stereocenters. The summed E-state index contributed by atoms with van der Waals surface area (Å²) in [5.74, 6) is 0.301. The van der Waals surface area contributed by atoms with Crippen molar-refractivity contribution >= 4 is 5.78 Å². The maximum Gasteiger partial charge on any atom is 0.187 e. The number of carbonyl (C=O) groups excluding carboxylic acids is 1. The number of unbranched alkanes of at least 4 members (excludes halogenated alkanes) is 1. The highest BCUT2D eigenvalue weighted by molar-refractivity contribution is 6.03. The number of nitrogens with zero attached hydrogens (tertiary/aromatic N) is 1. The van der Waals surface area contributed by atoms with Gasteiger partial charge in [-0.15, -0.1) is 0 Å². The van der Waals surface area contributed by atoms with Crippen LogP contribution in [0.1, 0.15) is 51.9 Å². The second kappa shape index (κ2) is 4.42. The molecule has 96 valence electrons. The second-order valence-electron chi connectivity index (χ2n) is 5.57. The average Bonchev–Trinajstić information content (AvgIpc) is 2.73. The summed E-state index contributed by atoms with van der Waals surface area (Å²) >= 11 is 0. The number of hydrogen-bond donors (Lipinski definition) is 0. The van der Waals surface area contributed by atoms with E-state index in [4.69, 9.17) is 0 Å². The van der Waals surface area contributed by atoms with Crippen molar-refractivity contribution < 1.29 is 4.79 Å². The standard InChI is InChI=1S/C16H21NO/c1-2-3-7-14-9-8-13-6-4-5-11-16(13)15(18)10-12-17(14)16/h8-10,12H,2-7,11H2,1H3. The Morgan fingerprint density at radius 3 is 3.06 bits per heavy atom. The summed E-state index contributed by atoms with van der Waals surface area (Å²) in [5.41, 5.74) is 2.35. The van der Waals surface area contributed by atoms with Crippen LogP contribution in [0.5, 0.6) is 0 Å². The first-order valence-electron chi connectivity index (χ1n) is 7.21. The monoisotopic (exact) mass is 243 g/mol. The first-order valence-corrected chi connectivity index (χ1v) is 7.21. The molecule has 1 aliphatic carbocycles. The van der Waals surface area contributed by atoms with Crippen LogP contribution in [-0.2, 0) is 4.79 Å². The molecule has 0 aromatic rings. The van der Waals surface area contributed by atoms with Crippen molar-refractivity contribution in [2.24, 2.45) is 0 Å². The highest BCUT2D eigenvalue weighted by Gasteiger charge is 2.50. The van der Waals surface area contributed by atoms with E-state index in [0.29, 0.717) is 5.78 Å². The molecule has 1 spiro atoms. The Hall–Kier alpha value is -1.31. The molecule has 0 aromatic heterocycles. The minimum absolute atomic E-state index is 0.301. The Morgan fingerprint density at radius 1 is 1.33 bits per heavy atom. The third-order valence-corrected chi connectivity index (χ3v) is 4.53. The number of hydrogen-bond acceptors (Lipinski definition) is 2. The molecule has 0 saturated heterocycles. The number of carbonyl (C=O) groups is 1. The Labute approximate surface area is 109 Å². The highest BCUT2D eigenvalue weighted by atomic mass is 16.1. The van der Waals surface area contributed by atoms with Gasteiger partial charge in [-0.1, -0.05) is 19.4 Å². The fraction of sp³-hybridized carbons (Fsp3) is 0.562. The van der Waals surface area contributed by atoms with Crippen LogP contribution in [0.25, 0.3) is 0 Å². The first kappa shape index (κ1) is 11.8. The Bertz CT molecular complexity index is 458. The van der Waals surface area contributed by atoms with E-state index in [2.05, 4.69) is 24.0 Å². The SMILES string of the molecule is CCCCC1=CC=C2CCCCC23C(=O)C=CN13. The Morgan fingerprint density at radius 2 is 2.22 bits per heavy atom. The number of rotatable bonds is 3. The zero-order chi connectivity index (χ0) is 12.6. The van der Waals surface area contributed by atoms with Crippen LogP contribution in [0.2, 0.25) is 0 Å². The number of ketones is 1. The Balaban J connectivity index is 1.97. The van der Waals surface area contributed by atoms with E-state index in [1.807, 2.05) is 6.20 Å². The van der Waals surface area contributed by atoms with E-state index in [0.717, 1.165) is 19.3 Å². The van der Waals surface area contributed by atoms with Crippen molar-refractivity contribution in [3.05, 3.63) is 35.7 Å². The van der Waals surface area contributed by atoms with Crippen molar-refractivity contribution in [1.29, 1.82) is 0 Å². The van der Waals surface area contributed by atoms with Gasteiger partial charge in [-0.3, -0.25) is 4.79 Å². The number of allylic oxidation sites excluding steroid dienone is 3. The van der Waals surface area contributed by atoms with Crippen LogP contribution in [0, 0.1) is 0 Å². The van der Waals surface area contributed by atoms with Gasteiger partial charge in [0.15, 0.2) is 5.78 Å². The fourth-order valence-corrected chi connectivity index (χ4v) is 3.55. The van der Waals surface area contributed by atoms with E-state index >= 15 is 0 Å². The molecule has 0 aromatic carbocycles. The van der Waals surface area contributed by atoms with E-state index in [1.165, 1.54) is 37.0 Å². The third kappa shape index (κ3) is 1.51. The molecule has 18 heavy (non-hydrogen) atoms. The molecule has 2 heterocycles. The average molecular weight is 243 g/mol. The largest absolute Gasteiger partial charge is 0.334 e. The lowest BCUT2D eigenvalue weighted by Gasteiger charge is -2.46.